The minimum atomic E-state index is -0.993. The van der Waals surface area contributed by atoms with Gasteiger partial charge in [0.15, 0.2) is 0 Å². The molecule has 43 heavy (non-hydrogen) atoms. The maximum Gasteiger partial charge on any atom is 0.307 e. The van der Waals surface area contributed by atoms with Gasteiger partial charge in [-0.05, 0) is 87.1 Å². The summed E-state index contributed by atoms with van der Waals surface area (Å²) in [4.78, 5) is 39.9. The minimum Gasteiger partial charge on any atom is -0.481 e. The Kier molecular flexibility index (Phi) is 9.55. The summed E-state index contributed by atoms with van der Waals surface area (Å²) in [5.74, 6) is -2.35. The number of nitrogens with one attached hydrogen (secondary N) is 2. The van der Waals surface area contributed by atoms with E-state index in [2.05, 4.69) is 35.4 Å². The molecule has 0 fully saturated rings. The van der Waals surface area contributed by atoms with E-state index in [1.165, 1.54) is 5.56 Å². The van der Waals surface area contributed by atoms with Gasteiger partial charge in [-0.2, -0.15) is 0 Å². The second-order valence-electron chi connectivity index (χ2n) is 11.6. The average molecular weight is 587 g/mol. The Morgan fingerprint density at radius 1 is 1.09 bits per heavy atom. The summed E-state index contributed by atoms with van der Waals surface area (Å²) < 4.78 is 0. The van der Waals surface area contributed by atoms with E-state index in [0.717, 1.165) is 56.5 Å². The summed E-state index contributed by atoms with van der Waals surface area (Å²) in [6, 6.07) is 0. The van der Waals surface area contributed by atoms with Crippen molar-refractivity contribution < 1.29 is 24.9 Å². The highest BCUT2D eigenvalue weighted by Gasteiger charge is 2.35. The van der Waals surface area contributed by atoms with E-state index in [1.807, 2.05) is 45.1 Å². The Morgan fingerprint density at radius 2 is 1.81 bits per heavy atom. The van der Waals surface area contributed by atoms with E-state index in [9.17, 15) is 24.9 Å². The summed E-state index contributed by atoms with van der Waals surface area (Å²) >= 11 is 0. The van der Waals surface area contributed by atoms with Crippen LogP contribution in [0.15, 0.2) is 39.5 Å². The van der Waals surface area contributed by atoms with Crippen LogP contribution in [0.1, 0.15) is 86.7 Å². The fourth-order valence-corrected chi connectivity index (χ4v) is 6.26. The van der Waals surface area contributed by atoms with Gasteiger partial charge < -0.3 is 25.3 Å². The van der Waals surface area contributed by atoms with Crippen LogP contribution in [0.3, 0.4) is 0 Å². The lowest BCUT2D eigenvalue weighted by Crippen LogP contribution is -2.20. The van der Waals surface area contributed by atoms with Crippen molar-refractivity contribution in [1.82, 2.24) is 9.97 Å². The SMILES string of the molecule is C=Cc1[nH]c(C=c2[nH]c(=CC3=NC(=C(CC(=O)O)C4=NCC(C)=C4)C(CCC(=O)O)C3C)c(C)c2C(C)O)c(C)c1CC. The van der Waals surface area contributed by atoms with E-state index < -0.39 is 18.0 Å². The zero-order valence-electron chi connectivity index (χ0n) is 25.8. The number of carbonyl (C=O) groups is 2. The van der Waals surface area contributed by atoms with Crippen molar-refractivity contribution in [2.45, 2.75) is 73.3 Å². The summed E-state index contributed by atoms with van der Waals surface area (Å²) in [6.07, 6.45) is 7.80. The Bertz CT molecular complexity index is 1710. The molecule has 9 heteroatoms. The maximum absolute atomic E-state index is 11.9. The fourth-order valence-electron chi connectivity index (χ4n) is 6.26. The highest BCUT2D eigenvalue weighted by Crippen LogP contribution is 2.38. The maximum atomic E-state index is 11.9. The van der Waals surface area contributed by atoms with Crippen molar-refractivity contribution in [1.29, 1.82) is 0 Å². The van der Waals surface area contributed by atoms with E-state index >= 15 is 0 Å². The molecule has 0 aliphatic carbocycles. The van der Waals surface area contributed by atoms with Crippen LogP contribution in [0, 0.1) is 25.7 Å². The monoisotopic (exact) mass is 586 g/mol. The second-order valence-corrected chi connectivity index (χ2v) is 11.6. The fraction of sp³-hybridized carbons (Fsp3) is 0.412. The summed E-state index contributed by atoms with van der Waals surface area (Å²) in [7, 11) is 0. The van der Waals surface area contributed by atoms with Crippen molar-refractivity contribution >= 4 is 41.6 Å². The number of aromatic amines is 2. The smallest absolute Gasteiger partial charge is 0.307 e. The van der Waals surface area contributed by atoms with Crippen LogP contribution in [-0.4, -0.2) is 55.2 Å². The number of nitrogens with zero attached hydrogens (tertiary/aromatic N) is 2. The van der Waals surface area contributed by atoms with Crippen molar-refractivity contribution in [2.24, 2.45) is 21.8 Å². The first kappa shape index (κ1) is 31.7. The second kappa shape index (κ2) is 13.0. The van der Waals surface area contributed by atoms with E-state index in [1.54, 1.807) is 6.92 Å². The van der Waals surface area contributed by atoms with Gasteiger partial charge in [-0.15, -0.1) is 0 Å². The predicted octanol–water partition coefficient (Wildman–Crippen LogP) is 4.53. The molecule has 0 aromatic carbocycles. The number of aliphatic hydroxyl groups is 1. The molecule has 0 spiro atoms. The van der Waals surface area contributed by atoms with E-state index in [4.69, 9.17) is 4.99 Å². The molecule has 0 saturated heterocycles. The zero-order valence-corrected chi connectivity index (χ0v) is 25.8. The Morgan fingerprint density at radius 3 is 2.35 bits per heavy atom. The van der Waals surface area contributed by atoms with Crippen molar-refractivity contribution in [3.05, 3.63) is 73.8 Å². The molecule has 9 nitrogen and oxygen atoms in total. The summed E-state index contributed by atoms with van der Waals surface area (Å²) in [6.45, 7) is 16.2. The van der Waals surface area contributed by atoms with Gasteiger partial charge in [0.1, 0.15) is 0 Å². The molecule has 4 heterocycles. The Balaban J connectivity index is 1.91. The third-order valence-electron chi connectivity index (χ3n) is 8.54. The number of H-pyrrole nitrogens is 2. The number of carboxylic acid groups (broad SMARTS) is 2. The molecule has 228 valence electrons. The molecule has 0 radical (unpaired) electrons. The van der Waals surface area contributed by atoms with Gasteiger partial charge in [0, 0.05) is 57.2 Å². The van der Waals surface area contributed by atoms with Crippen molar-refractivity contribution in [3.63, 3.8) is 0 Å². The Labute approximate surface area is 251 Å². The molecule has 2 aromatic heterocycles. The first-order chi connectivity index (χ1) is 20.4. The third kappa shape index (κ3) is 6.57. The van der Waals surface area contributed by atoms with Crippen LogP contribution in [0.5, 0.6) is 0 Å². The molecule has 2 aliphatic heterocycles. The highest BCUT2D eigenvalue weighted by atomic mass is 16.4. The molecule has 0 amide bonds. The number of aliphatic hydroxyl groups excluding tert-OH is 1. The molecule has 2 aromatic rings. The van der Waals surface area contributed by atoms with Gasteiger partial charge in [0.2, 0.25) is 0 Å². The number of carboxylic acids is 2. The molecule has 3 unspecified atom stereocenters. The first-order valence-electron chi connectivity index (χ1n) is 14.8. The quantitative estimate of drug-likeness (QED) is 0.262. The van der Waals surface area contributed by atoms with Crippen LogP contribution in [-0.2, 0) is 16.0 Å². The van der Waals surface area contributed by atoms with Crippen LogP contribution >= 0.6 is 0 Å². The topological polar surface area (TPSA) is 151 Å². The predicted molar refractivity (Wildman–Crippen MR) is 171 cm³/mol. The number of hydrogen-bond donors (Lipinski definition) is 5. The molecule has 2 aliphatic rings. The number of allylic oxidation sites excluding steroid dienone is 2. The molecule has 5 N–H and O–H groups in total. The van der Waals surface area contributed by atoms with E-state index in [0.29, 0.717) is 29.9 Å². The van der Waals surface area contributed by atoms with Gasteiger partial charge in [0.05, 0.1) is 30.5 Å². The van der Waals surface area contributed by atoms with Crippen LogP contribution in [0.2, 0.25) is 0 Å². The molecule has 4 rings (SSSR count). The number of rotatable bonds is 11. The minimum absolute atomic E-state index is 0.0578. The van der Waals surface area contributed by atoms with Crippen molar-refractivity contribution in [3.8, 4) is 0 Å². The zero-order chi connectivity index (χ0) is 31.6. The normalized spacial score (nSPS) is 21.1. The molecular formula is C34H42N4O5. The number of aliphatic carboxylic acids is 2. The van der Waals surface area contributed by atoms with Gasteiger partial charge in [0.25, 0.3) is 0 Å². The van der Waals surface area contributed by atoms with Gasteiger partial charge in [-0.3, -0.25) is 19.6 Å². The van der Waals surface area contributed by atoms with Gasteiger partial charge in [-0.1, -0.05) is 20.4 Å². The molecular weight excluding hydrogens is 544 g/mol. The summed E-state index contributed by atoms with van der Waals surface area (Å²) in [5, 5.41) is 31.5. The van der Waals surface area contributed by atoms with Gasteiger partial charge in [-0.25, -0.2) is 0 Å². The lowest BCUT2D eigenvalue weighted by atomic mass is 9.84. The van der Waals surface area contributed by atoms with Gasteiger partial charge >= 0.3 is 11.9 Å². The van der Waals surface area contributed by atoms with Crippen LogP contribution in [0.4, 0.5) is 0 Å². The van der Waals surface area contributed by atoms with Crippen LogP contribution < -0.4 is 10.7 Å². The lowest BCUT2D eigenvalue weighted by Gasteiger charge is -2.18. The van der Waals surface area contributed by atoms with Crippen molar-refractivity contribution in [2.75, 3.05) is 6.54 Å². The standard InChI is InChI=1S/C34H42N4O5/c1-8-22-18(4)26(36-25(22)9-2)15-30-33(21(7)39)20(6)28(37-30)14-27-19(5)23(10-11-31(40)41)34(38-27)24(13-32(42)43)29-12-17(3)16-35-29/h9,12,14-15,19,21,23,36-37,39H,2,8,10-11,13,16H2,1,3-7H3,(H,40,41)(H,42,43). The number of aliphatic imine (C=N–C) groups is 2. The largest absolute Gasteiger partial charge is 0.481 e. The number of hydrogen-bond acceptors (Lipinski definition) is 5. The first-order valence-corrected chi connectivity index (χ1v) is 14.8. The van der Waals surface area contributed by atoms with E-state index in [-0.39, 0.29) is 24.7 Å². The molecule has 3 atom stereocenters. The lowest BCUT2D eigenvalue weighted by molar-refractivity contribution is -0.138. The average Bonchev–Trinajstić information content (AvgIpc) is 3.67. The molecule has 0 saturated carbocycles. The summed E-state index contributed by atoms with van der Waals surface area (Å²) in [5.41, 5.74) is 9.37. The van der Waals surface area contributed by atoms with Crippen LogP contribution in [0.25, 0.3) is 18.2 Å². The Hall–Kier alpha value is -4.24. The highest BCUT2D eigenvalue weighted by molar-refractivity contribution is 6.16. The number of aromatic nitrogens is 2. The third-order valence-corrected chi connectivity index (χ3v) is 8.54. The molecule has 0 bridgehead atoms.